The topological polar surface area (TPSA) is 34.2 Å². The maximum absolute atomic E-state index is 6.31. The van der Waals surface area contributed by atoms with Gasteiger partial charge >= 0.3 is 0 Å². The number of benzene rings is 1. The summed E-state index contributed by atoms with van der Waals surface area (Å²) >= 11 is 0. The van der Waals surface area contributed by atoms with Crippen molar-refractivity contribution in [3.8, 4) is 11.5 Å². The number of hydrogen-bond donors (Lipinski definition) is 0. The molecule has 0 fully saturated rings. The predicted octanol–water partition coefficient (Wildman–Crippen LogP) is 4.37. The van der Waals surface area contributed by atoms with Crippen LogP contribution in [0.2, 0.25) is 0 Å². The first-order chi connectivity index (χ1) is 13.2. The summed E-state index contributed by atoms with van der Waals surface area (Å²) in [6.07, 6.45) is 4.14. The van der Waals surface area contributed by atoms with Crippen LogP contribution in [0.25, 0.3) is 0 Å². The Labute approximate surface area is 165 Å². The van der Waals surface area contributed by atoms with Crippen LogP contribution < -0.4 is 9.47 Å². The first-order valence-corrected chi connectivity index (χ1v) is 10.7. The molecule has 0 radical (unpaired) electrons. The fourth-order valence-corrected chi connectivity index (χ4v) is 3.63. The highest BCUT2D eigenvalue weighted by molar-refractivity contribution is 5.31. The highest BCUT2D eigenvalue weighted by atomic mass is 16.5. The minimum Gasteiger partial charge on any atom is -0.475 e. The van der Waals surface area contributed by atoms with Gasteiger partial charge in [-0.1, -0.05) is 27.7 Å². The molecule has 2 aliphatic heterocycles. The lowest BCUT2D eigenvalue weighted by molar-refractivity contribution is 0.0112. The van der Waals surface area contributed by atoms with E-state index in [-0.39, 0.29) is 12.5 Å². The van der Waals surface area contributed by atoms with Crippen LogP contribution in [0.1, 0.15) is 53.4 Å². The second-order valence-corrected chi connectivity index (χ2v) is 6.96. The minimum atomic E-state index is 0.0870. The van der Waals surface area contributed by atoms with Gasteiger partial charge in [-0.05, 0) is 63.3 Å². The molecule has 3 rings (SSSR count). The van der Waals surface area contributed by atoms with Gasteiger partial charge in [-0.15, -0.1) is 0 Å². The summed E-state index contributed by atoms with van der Waals surface area (Å²) in [6, 6.07) is 8.12. The highest BCUT2D eigenvalue weighted by Gasteiger charge is 2.20. The summed E-state index contributed by atoms with van der Waals surface area (Å²) in [7, 11) is 0. The average Bonchev–Trinajstić information content (AvgIpc) is 2.70. The summed E-state index contributed by atoms with van der Waals surface area (Å²) < 4.78 is 18.5. The fourth-order valence-electron chi connectivity index (χ4n) is 3.63. The third kappa shape index (κ3) is 6.98. The summed E-state index contributed by atoms with van der Waals surface area (Å²) in [5.74, 6) is 1.80. The third-order valence-corrected chi connectivity index (χ3v) is 5.29. The summed E-state index contributed by atoms with van der Waals surface area (Å²) in [5, 5.41) is 0. The van der Waals surface area contributed by atoms with E-state index in [4.69, 9.17) is 14.2 Å². The molecule has 0 saturated heterocycles. The molecule has 5 heteroatoms. The molecule has 2 unspecified atom stereocenters. The molecule has 0 saturated carbocycles. The van der Waals surface area contributed by atoms with E-state index in [1.165, 1.54) is 0 Å². The largest absolute Gasteiger partial charge is 0.475 e. The Kier molecular flexibility index (Phi) is 9.95. The van der Waals surface area contributed by atoms with Crippen molar-refractivity contribution in [2.45, 2.75) is 65.8 Å². The second-order valence-electron chi connectivity index (χ2n) is 6.96. The van der Waals surface area contributed by atoms with Gasteiger partial charge < -0.3 is 14.2 Å². The molecule has 0 aliphatic carbocycles. The lowest BCUT2D eigenvalue weighted by Crippen LogP contribution is -2.39. The van der Waals surface area contributed by atoms with Crippen molar-refractivity contribution in [1.29, 1.82) is 0 Å². The van der Waals surface area contributed by atoms with Crippen molar-refractivity contribution in [2.75, 3.05) is 39.4 Å². The number of fused-ring (bicyclic) bond motifs is 12. The van der Waals surface area contributed by atoms with Crippen molar-refractivity contribution in [3.05, 3.63) is 24.3 Å². The highest BCUT2D eigenvalue weighted by Crippen LogP contribution is 2.23. The van der Waals surface area contributed by atoms with E-state index in [0.29, 0.717) is 0 Å². The van der Waals surface area contributed by atoms with Crippen molar-refractivity contribution in [2.24, 2.45) is 0 Å². The van der Waals surface area contributed by atoms with E-state index < -0.39 is 0 Å². The molecule has 5 nitrogen and oxygen atoms in total. The zero-order valence-corrected chi connectivity index (χ0v) is 17.7. The Hall–Kier alpha value is -1.30. The van der Waals surface area contributed by atoms with Crippen molar-refractivity contribution >= 4 is 0 Å². The van der Waals surface area contributed by atoms with Gasteiger partial charge in [0.2, 0.25) is 0 Å². The van der Waals surface area contributed by atoms with Crippen LogP contribution in [-0.4, -0.2) is 61.6 Å². The Bertz CT molecular complexity index is 456. The van der Waals surface area contributed by atoms with Crippen LogP contribution in [-0.2, 0) is 4.74 Å². The molecule has 2 bridgehead atoms. The van der Waals surface area contributed by atoms with Crippen LogP contribution in [0.3, 0.4) is 0 Å². The predicted molar refractivity (Wildman–Crippen MR) is 110 cm³/mol. The lowest BCUT2D eigenvalue weighted by atomic mass is 10.2. The number of nitrogens with zero attached hydrogens (tertiary/aromatic N) is 2. The van der Waals surface area contributed by atoms with Gasteiger partial charge in [-0.3, -0.25) is 9.80 Å². The van der Waals surface area contributed by atoms with E-state index in [9.17, 15) is 0 Å². The first-order valence-electron chi connectivity index (χ1n) is 10.7. The van der Waals surface area contributed by atoms with E-state index in [0.717, 1.165) is 76.6 Å². The van der Waals surface area contributed by atoms with Crippen LogP contribution in [0, 0.1) is 0 Å². The second kappa shape index (κ2) is 12.2. The van der Waals surface area contributed by atoms with Crippen molar-refractivity contribution < 1.29 is 14.2 Å². The standard InChI is InChI=1S/C22H38N2O3/c1-5-23(6-2)21-11-9-17-25-18-10-12-22(24(7-3)8-4)27-20-15-13-19(26-21)14-16-20/h13-16,21-22H,5-12,17-18H2,1-4H3. The minimum absolute atomic E-state index is 0.0870. The van der Waals surface area contributed by atoms with E-state index in [1.54, 1.807) is 0 Å². The van der Waals surface area contributed by atoms with Gasteiger partial charge in [0.25, 0.3) is 0 Å². The SMILES string of the molecule is CCN(CC)C1CCCOCCCC(N(CC)CC)Oc2ccc(cc2)O1. The number of hydrogen-bond acceptors (Lipinski definition) is 5. The van der Waals surface area contributed by atoms with Gasteiger partial charge in [0, 0.05) is 26.1 Å². The van der Waals surface area contributed by atoms with Crippen LogP contribution in [0.4, 0.5) is 0 Å². The molecule has 0 N–H and O–H groups in total. The molecule has 2 heterocycles. The van der Waals surface area contributed by atoms with E-state index >= 15 is 0 Å². The van der Waals surface area contributed by atoms with E-state index in [2.05, 4.69) is 37.5 Å². The molecule has 2 aliphatic rings. The third-order valence-electron chi connectivity index (χ3n) is 5.29. The monoisotopic (exact) mass is 378 g/mol. The molecular weight excluding hydrogens is 340 g/mol. The molecule has 0 amide bonds. The average molecular weight is 379 g/mol. The van der Waals surface area contributed by atoms with E-state index in [1.807, 2.05) is 24.3 Å². The van der Waals surface area contributed by atoms with Crippen LogP contribution in [0.15, 0.2) is 24.3 Å². The van der Waals surface area contributed by atoms with Gasteiger partial charge in [-0.2, -0.15) is 0 Å². The Morgan fingerprint density at radius 3 is 1.41 bits per heavy atom. The van der Waals surface area contributed by atoms with Gasteiger partial charge in [0.1, 0.15) is 11.5 Å². The molecule has 2 atom stereocenters. The molecule has 0 aromatic heterocycles. The van der Waals surface area contributed by atoms with Gasteiger partial charge in [0.15, 0.2) is 12.5 Å². The smallest absolute Gasteiger partial charge is 0.152 e. The molecule has 1 aromatic rings. The number of rotatable bonds is 6. The zero-order valence-electron chi connectivity index (χ0n) is 17.7. The summed E-state index contributed by atoms with van der Waals surface area (Å²) in [5.41, 5.74) is 0. The fraction of sp³-hybridized carbons (Fsp3) is 0.727. The number of ether oxygens (including phenoxy) is 3. The Balaban J connectivity index is 2.14. The van der Waals surface area contributed by atoms with Crippen LogP contribution >= 0.6 is 0 Å². The summed E-state index contributed by atoms with van der Waals surface area (Å²) in [6.45, 7) is 14.2. The summed E-state index contributed by atoms with van der Waals surface area (Å²) in [4.78, 5) is 4.72. The molecule has 0 spiro atoms. The zero-order chi connectivity index (χ0) is 19.5. The quantitative estimate of drug-likeness (QED) is 0.734. The van der Waals surface area contributed by atoms with Crippen molar-refractivity contribution in [3.63, 3.8) is 0 Å². The Morgan fingerprint density at radius 2 is 1.07 bits per heavy atom. The van der Waals surface area contributed by atoms with Crippen molar-refractivity contribution in [1.82, 2.24) is 9.80 Å². The lowest BCUT2D eigenvalue weighted by Gasteiger charge is -2.30. The maximum atomic E-state index is 6.31. The van der Waals surface area contributed by atoms with Gasteiger partial charge in [-0.25, -0.2) is 0 Å². The van der Waals surface area contributed by atoms with Gasteiger partial charge in [0.05, 0.1) is 0 Å². The first kappa shape index (κ1) is 22.0. The molecule has 154 valence electrons. The molecule has 1 aromatic carbocycles. The molecule has 27 heavy (non-hydrogen) atoms. The Morgan fingerprint density at radius 1 is 0.704 bits per heavy atom. The maximum Gasteiger partial charge on any atom is 0.152 e. The normalized spacial score (nSPS) is 22.1. The molecular formula is C22H38N2O3. The van der Waals surface area contributed by atoms with Crippen LogP contribution in [0.5, 0.6) is 11.5 Å².